The number of aryl methyl sites for hydroxylation is 1. The van der Waals surface area contributed by atoms with Crippen LogP contribution in [0.3, 0.4) is 0 Å². The fraction of sp³-hybridized carbons (Fsp3) is 0.0870. The number of halogens is 1. The van der Waals surface area contributed by atoms with E-state index in [4.69, 9.17) is 16.7 Å². The number of aromatic amines is 1. The molecule has 154 valence electrons. The highest BCUT2D eigenvalue weighted by Gasteiger charge is 2.20. The largest absolute Gasteiger partial charge is 0.478 e. The van der Waals surface area contributed by atoms with Gasteiger partial charge in [0, 0.05) is 25.7 Å². The van der Waals surface area contributed by atoms with Gasteiger partial charge in [-0.05, 0) is 30.3 Å². The average molecular weight is 432 g/mol. The van der Waals surface area contributed by atoms with Crippen LogP contribution in [-0.4, -0.2) is 37.9 Å². The molecular weight excluding hydrogens is 414 g/mol. The van der Waals surface area contributed by atoms with Crippen LogP contribution in [0, 0.1) is 0 Å². The van der Waals surface area contributed by atoms with Crippen LogP contribution in [0.5, 0.6) is 0 Å². The number of H-pyrrole nitrogens is 1. The van der Waals surface area contributed by atoms with E-state index in [1.165, 1.54) is 12.3 Å². The SMILES string of the molecule is CN(c1ccccc1Cl)c1cccc2c(-c3cc4nccc(C(=O)O)c4[nH]3)nn(C)c12. The van der Waals surface area contributed by atoms with E-state index in [0.717, 1.165) is 28.0 Å². The van der Waals surface area contributed by atoms with E-state index in [1.807, 2.05) is 72.2 Å². The molecule has 0 saturated heterocycles. The first-order valence-electron chi connectivity index (χ1n) is 9.61. The van der Waals surface area contributed by atoms with E-state index in [9.17, 15) is 9.90 Å². The van der Waals surface area contributed by atoms with E-state index < -0.39 is 5.97 Å². The molecule has 2 aromatic carbocycles. The number of carboxylic acids is 1. The van der Waals surface area contributed by atoms with E-state index >= 15 is 0 Å². The fourth-order valence-corrected chi connectivity index (χ4v) is 4.23. The first kappa shape index (κ1) is 19.1. The van der Waals surface area contributed by atoms with E-state index in [1.54, 1.807) is 0 Å². The zero-order valence-electron chi connectivity index (χ0n) is 16.8. The second-order valence-corrected chi connectivity index (χ2v) is 7.67. The molecule has 0 aliphatic heterocycles. The lowest BCUT2D eigenvalue weighted by Gasteiger charge is -2.22. The Bertz CT molecular complexity index is 1470. The lowest BCUT2D eigenvalue weighted by Crippen LogP contribution is -2.11. The molecule has 2 N–H and O–H groups in total. The van der Waals surface area contributed by atoms with Crippen LogP contribution in [0.15, 0.2) is 60.8 Å². The van der Waals surface area contributed by atoms with Crippen LogP contribution >= 0.6 is 11.6 Å². The van der Waals surface area contributed by atoms with Crippen molar-refractivity contribution in [3.8, 4) is 11.4 Å². The van der Waals surface area contributed by atoms with Gasteiger partial charge >= 0.3 is 5.97 Å². The molecule has 0 spiro atoms. The van der Waals surface area contributed by atoms with Crippen LogP contribution in [0.2, 0.25) is 5.02 Å². The number of hydrogen-bond donors (Lipinski definition) is 2. The number of para-hydroxylation sites is 2. The molecule has 0 unspecified atom stereocenters. The van der Waals surface area contributed by atoms with Crippen molar-refractivity contribution in [2.24, 2.45) is 7.05 Å². The Kier molecular flexibility index (Phi) is 4.41. The second-order valence-electron chi connectivity index (χ2n) is 7.26. The lowest BCUT2D eigenvalue weighted by atomic mass is 10.1. The third-order valence-corrected chi connectivity index (χ3v) is 5.74. The zero-order chi connectivity index (χ0) is 21.7. The minimum absolute atomic E-state index is 0.177. The van der Waals surface area contributed by atoms with Crippen LogP contribution in [-0.2, 0) is 7.05 Å². The molecule has 0 aliphatic rings. The van der Waals surface area contributed by atoms with Crippen molar-refractivity contribution < 1.29 is 9.90 Å². The van der Waals surface area contributed by atoms with Gasteiger partial charge in [-0.3, -0.25) is 9.67 Å². The molecule has 3 aromatic heterocycles. The summed E-state index contributed by atoms with van der Waals surface area (Å²) in [5.74, 6) is -1.00. The van der Waals surface area contributed by atoms with Gasteiger partial charge in [-0.1, -0.05) is 35.9 Å². The number of nitrogens with zero attached hydrogens (tertiary/aromatic N) is 4. The number of aromatic nitrogens is 4. The van der Waals surface area contributed by atoms with Gasteiger partial charge < -0.3 is 15.0 Å². The monoisotopic (exact) mass is 431 g/mol. The van der Waals surface area contributed by atoms with Crippen LogP contribution < -0.4 is 4.90 Å². The van der Waals surface area contributed by atoms with Gasteiger partial charge in [-0.15, -0.1) is 0 Å². The Morgan fingerprint density at radius 2 is 1.90 bits per heavy atom. The van der Waals surface area contributed by atoms with Crippen molar-refractivity contribution in [1.82, 2.24) is 19.7 Å². The van der Waals surface area contributed by atoms with Crippen molar-refractivity contribution in [2.45, 2.75) is 0 Å². The number of pyridine rings is 1. The third-order valence-electron chi connectivity index (χ3n) is 5.43. The van der Waals surface area contributed by atoms with Crippen LogP contribution in [0.25, 0.3) is 33.3 Å². The standard InChI is InChI=1S/C23H18ClN5O2/c1-28(18-8-4-3-7-15(18)24)19-9-5-6-13-21(27-29(2)22(13)19)17-12-16-20(26-17)14(23(30)31)10-11-25-16/h3-12,26H,1-2H3,(H,30,31). The number of benzene rings is 2. The topological polar surface area (TPSA) is 87.0 Å². The van der Waals surface area contributed by atoms with Gasteiger partial charge in [-0.2, -0.15) is 5.10 Å². The summed E-state index contributed by atoms with van der Waals surface area (Å²) in [4.78, 5) is 21.1. The number of fused-ring (bicyclic) bond motifs is 2. The number of nitrogens with one attached hydrogen (secondary N) is 1. The summed E-state index contributed by atoms with van der Waals surface area (Å²) < 4.78 is 1.82. The fourth-order valence-electron chi connectivity index (χ4n) is 3.97. The molecule has 0 atom stereocenters. The average Bonchev–Trinajstić information content (AvgIpc) is 3.34. The number of carboxylic acid groups (broad SMARTS) is 1. The molecule has 8 heteroatoms. The summed E-state index contributed by atoms with van der Waals surface area (Å²) in [5.41, 5.74) is 5.44. The van der Waals surface area contributed by atoms with E-state index in [2.05, 4.69) is 9.97 Å². The third kappa shape index (κ3) is 3.02. The molecule has 0 bridgehead atoms. The first-order chi connectivity index (χ1) is 15.0. The summed E-state index contributed by atoms with van der Waals surface area (Å²) in [7, 11) is 3.86. The van der Waals surface area contributed by atoms with Gasteiger partial charge in [0.25, 0.3) is 0 Å². The molecule has 0 saturated carbocycles. The summed E-state index contributed by atoms with van der Waals surface area (Å²) in [6, 6.07) is 17.0. The smallest absolute Gasteiger partial charge is 0.337 e. The van der Waals surface area contributed by atoms with E-state index in [-0.39, 0.29) is 5.56 Å². The second kappa shape index (κ2) is 7.14. The Labute approximate surface area is 182 Å². The highest BCUT2D eigenvalue weighted by Crippen LogP contribution is 2.38. The molecule has 0 amide bonds. The highest BCUT2D eigenvalue weighted by atomic mass is 35.5. The van der Waals surface area contributed by atoms with Gasteiger partial charge in [0.2, 0.25) is 0 Å². The summed E-state index contributed by atoms with van der Waals surface area (Å²) in [5, 5.41) is 15.8. The lowest BCUT2D eigenvalue weighted by molar-refractivity contribution is 0.0698. The van der Waals surface area contributed by atoms with Crippen molar-refractivity contribution >= 4 is 50.9 Å². The normalized spacial score (nSPS) is 11.3. The Morgan fingerprint density at radius 1 is 1.13 bits per heavy atom. The number of aromatic carboxylic acids is 1. The number of rotatable bonds is 4. The Morgan fingerprint density at radius 3 is 2.68 bits per heavy atom. The summed E-state index contributed by atoms with van der Waals surface area (Å²) in [6.45, 7) is 0. The predicted octanol–water partition coefficient (Wildman–Crippen LogP) is 5.24. The van der Waals surface area contributed by atoms with Gasteiger partial charge in [0.1, 0.15) is 5.69 Å². The number of carbonyl (C=O) groups is 1. The summed E-state index contributed by atoms with van der Waals surface area (Å²) >= 11 is 6.42. The molecule has 5 aromatic rings. The molecule has 0 fully saturated rings. The predicted molar refractivity (Wildman–Crippen MR) is 122 cm³/mol. The number of anilines is 2. The molecular formula is C23H18ClN5O2. The van der Waals surface area contributed by atoms with Crippen molar-refractivity contribution in [1.29, 1.82) is 0 Å². The molecule has 0 aliphatic carbocycles. The van der Waals surface area contributed by atoms with Crippen LogP contribution in [0.4, 0.5) is 11.4 Å². The van der Waals surface area contributed by atoms with Gasteiger partial charge in [0.15, 0.2) is 0 Å². The zero-order valence-corrected chi connectivity index (χ0v) is 17.6. The molecule has 0 radical (unpaired) electrons. The maximum Gasteiger partial charge on any atom is 0.337 e. The maximum atomic E-state index is 11.6. The highest BCUT2D eigenvalue weighted by molar-refractivity contribution is 6.33. The first-order valence-corrected chi connectivity index (χ1v) is 9.99. The molecule has 5 rings (SSSR count). The van der Waals surface area contributed by atoms with E-state index in [0.29, 0.717) is 21.7 Å². The maximum absolute atomic E-state index is 11.6. The molecule has 3 heterocycles. The minimum atomic E-state index is -1.00. The summed E-state index contributed by atoms with van der Waals surface area (Å²) in [6.07, 6.45) is 1.50. The quantitative estimate of drug-likeness (QED) is 0.406. The van der Waals surface area contributed by atoms with Crippen molar-refractivity contribution in [3.05, 3.63) is 71.4 Å². The van der Waals surface area contributed by atoms with Crippen molar-refractivity contribution in [3.63, 3.8) is 0 Å². The minimum Gasteiger partial charge on any atom is -0.478 e. The Balaban J connectivity index is 1.70. The Hall–Kier alpha value is -3.84. The molecule has 31 heavy (non-hydrogen) atoms. The van der Waals surface area contributed by atoms with Crippen molar-refractivity contribution in [2.75, 3.05) is 11.9 Å². The van der Waals surface area contributed by atoms with Crippen LogP contribution in [0.1, 0.15) is 10.4 Å². The molecule has 7 nitrogen and oxygen atoms in total. The number of hydrogen-bond acceptors (Lipinski definition) is 4. The van der Waals surface area contributed by atoms with Gasteiger partial charge in [-0.25, -0.2) is 4.79 Å². The van der Waals surface area contributed by atoms with Gasteiger partial charge in [0.05, 0.1) is 44.2 Å².